The summed E-state index contributed by atoms with van der Waals surface area (Å²) in [5.41, 5.74) is 10.5. The number of nitrogen functional groups attached to an aromatic ring is 1. The first-order valence-corrected chi connectivity index (χ1v) is 6.61. The highest BCUT2D eigenvalue weighted by atomic mass is 16.5. The van der Waals surface area contributed by atoms with Crippen LogP contribution in [0.25, 0.3) is 0 Å². The third-order valence-corrected chi connectivity index (χ3v) is 3.57. The number of benzene rings is 1. The molecule has 1 unspecified atom stereocenters. The van der Waals surface area contributed by atoms with Gasteiger partial charge in [-0.2, -0.15) is 0 Å². The lowest BCUT2D eigenvalue weighted by Gasteiger charge is -2.21. The van der Waals surface area contributed by atoms with E-state index in [2.05, 4.69) is 22.4 Å². The van der Waals surface area contributed by atoms with Crippen molar-refractivity contribution in [1.82, 2.24) is 10.3 Å². The number of nitrogens with one attached hydrogen (secondary N) is 1. The predicted octanol–water partition coefficient (Wildman–Crippen LogP) is 2.60. The van der Waals surface area contributed by atoms with Crippen LogP contribution >= 0.6 is 0 Å². The van der Waals surface area contributed by atoms with Gasteiger partial charge in [0.05, 0.1) is 13.2 Å². The van der Waals surface area contributed by atoms with Gasteiger partial charge in [0.2, 0.25) is 0 Å². The Kier molecular flexibility index (Phi) is 4.25. The molecule has 106 valence electrons. The van der Waals surface area contributed by atoms with Gasteiger partial charge in [-0.3, -0.25) is 0 Å². The van der Waals surface area contributed by atoms with E-state index in [9.17, 15) is 0 Å². The first-order chi connectivity index (χ1) is 9.58. The van der Waals surface area contributed by atoms with Crippen LogP contribution in [0, 0.1) is 13.8 Å². The van der Waals surface area contributed by atoms with Crippen molar-refractivity contribution in [1.29, 1.82) is 0 Å². The number of methoxy groups -OCH3 is 1. The Morgan fingerprint density at radius 2 is 1.95 bits per heavy atom. The summed E-state index contributed by atoms with van der Waals surface area (Å²) in [5.74, 6) is 1.46. The summed E-state index contributed by atoms with van der Waals surface area (Å²) < 4.78 is 5.31. The summed E-state index contributed by atoms with van der Waals surface area (Å²) in [6.45, 7) is 4.09. The molecule has 4 nitrogen and oxygen atoms in total. The van der Waals surface area contributed by atoms with Crippen LogP contribution in [0.4, 0.5) is 5.82 Å². The molecule has 1 heterocycles. The molecule has 0 bridgehead atoms. The van der Waals surface area contributed by atoms with Crippen LogP contribution in [0.1, 0.15) is 28.3 Å². The lowest BCUT2D eigenvalue weighted by Crippen LogP contribution is -2.20. The molecule has 0 amide bonds. The highest BCUT2D eigenvalue weighted by Gasteiger charge is 2.18. The van der Waals surface area contributed by atoms with Gasteiger partial charge in [-0.25, -0.2) is 4.98 Å². The standard InChI is InChI=1S/C16H21N3O/c1-10-7-8-19-16(17)14(10)15(18-3)12-5-6-13(20-4)11(2)9-12/h5-9,15,18H,1-4H3,(H2,17,19). The van der Waals surface area contributed by atoms with E-state index >= 15 is 0 Å². The van der Waals surface area contributed by atoms with Gasteiger partial charge in [-0.1, -0.05) is 12.1 Å². The summed E-state index contributed by atoms with van der Waals surface area (Å²) in [5, 5.41) is 3.32. The summed E-state index contributed by atoms with van der Waals surface area (Å²) in [4.78, 5) is 4.20. The van der Waals surface area contributed by atoms with Gasteiger partial charge < -0.3 is 15.8 Å². The second kappa shape index (κ2) is 5.92. The third kappa shape index (κ3) is 2.60. The van der Waals surface area contributed by atoms with E-state index in [-0.39, 0.29) is 6.04 Å². The fraction of sp³-hybridized carbons (Fsp3) is 0.312. The summed E-state index contributed by atoms with van der Waals surface area (Å²) >= 11 is 0. The number of hydrogen-bond donors (Lipinski definition) is 2. The van der Waals surface area contributed by atoms with Gasteiger partial charge in [0.25, 0.3) is 0 Å². The fourth-order valence-corrected chi connectivity index (χ4v) is 2.53. The van der Waals surface area contributed by atoms with E-state index in [1.807, 2.05) is 33.0 Å². The molecule has 0 fully saturated rings. The Bertz CT molecular complexity index is 590. The van der Waals surface area contributed by atoms with E-state index in [0.29, 0.717) is 5.82 Å². The van der Waals surface area contributed by atoms with Crippen molar-refractivity contribution in [2.45, 2.75) is 19.9 Å². The molecule has 2 rings (SSSR count). The number of hydrogen-bond acceptors (Lipinski definition) is 4. The van der Waals surface area contributed by atoms with Gasteiger partial charge in [0.1, 0.15) is 11.6 Å². The maximum Gasteiger partial charge on any atom is 0.128 e. The monoisotopic (exact) mass is 271 g/mol. The maximum atomic E-state index is 6.05. The minimum absolute atomic E-state index is 0.0216. The van der Waals surface area contributed by atoms with Crippen LogP contribution in [-0.2, 0) is 0 Å². The number of pyridine rings is 1. The predicted molar refractivity (Wildman–Crippen MR) is 82.0 cm³/mol. The van der Waals surface area contributed by atoms with E-state index in [1.54, 1.807) is 13.3 Å². The molecule has 0 spiro atoms. The topological polar surface area (TPSA) is 60.2 Å². The number of aryl methyl sites for hydroxylation is 2. The lowest BCUT2D eigenvalue weighted by atomic mass is 9.94. The van der Waals surface area contributed by atoms with E-state index in [0.717, 1.165) is 28.0 Å². The molecule has 1 aromatic heterocycles. The zero-order valence-electron chi connectivity index (χ0n) is 12.4. The van der Waals surface area contributed by atoms with Crippen molar-refractivity contribution in [2.24, 2.45) is 0 Å². The zero-order chi connectivity index (χ0) is 14.7. The molecule has 2 aromatic rings. The second-order valence-electron chi connectivity index (χ2n) is 4.88. The van der Waals surface area contributed by atoms with Crippen LogP contribution in [0.2, 0.25) is 0 Å². The van der Waals surface area contributed by atoms with Crippen LogP contribution in [-0.4, -0.2) is 19.1 Å². The van der Waals surface area contributed by atoms with Gasteiger partial charge in [-0.05, 0) is 49.7 Å². The van der Waals surface area contributed by atoms with E-state index in [4.69, 9.17) is 10.5 Å². The van der Waals surface area contributed by atoms with E-state index < -0.39 is 0 Å². The highest BCUT2D eigenvalue weighted by molar-refractivity contribution is 5.51. The maximum absolute atomic E-state index is 6.05. The quantitative estimate of drug-likeness (QED) is 0.897. The van der Waals surface area contributed by atoms with Crippen LogP contribution in [0.3, 0.4) is 0 Å². The Balaban J connectivity index is 2.50. The van der Waals surface area contributed by atoms with Gasteiger partial charge in [-0.15, -0.1) is 0 Å². The van der Waals surface area contributed by atoms with Crippen molar-refractivity contribution in [2.75, 3.05) is 19.9 Å². The SMILES string of the molecule is CNC(c1ccc(OC)c(C)c1)c1c(C)ccnc1N. The minimum atomic E-state index is 0.0216. The summed E-state index contributed by atoms with van der Waals surface area (Å²) in [6, 6.07) is 8.15. The van der Waals surface area contributed by atoms with Crippen molar-refractivity contribution in [3.8, 4) is 5.75 Å². The molecule has 1 atom stereocenters. The average Bonchev–Trinajstić information content (AvgIpc) is 2.43. The Morgan fingerprint density at radius 1 is 1.20 bits per heavy atom. The van der Waals surface area contributed by atoms with E-state index in [1.165, 1.54) is 0 Å². The number of ether oxygens (including phenoxy) is 1. The molecule has 0 radical (unpaired) electrons. The second-order valence-corrected chi connectivity index (χ2v) is 4.88. The molecule has 0 aliphatic heterocycles. The van der Waals surface area contributed by atoms with Gasteiger partial charge >= 0.3 is 0 Å². The summed E-state index contributed by atoms with van der Waals surface area (Å²) in [6.07, 6.45) is 1.74. The molecule has 20 heavy (non-hydrogen) atoms. The zero-order valence-corrected chi connectivity index (χ0v) is 12.4. The molecule has 0 saturated heterocycles. The first-order valence-electron chi connectivity index (χ1n) is 6.61. The minimum Gasteiger partial charge on any atom is -0.496 e. The molecular weight excluding hydrogens is 250 g/mol. The number of aromatic nitrogens is 1. The Labute approximate surface area is 120 Å². The average molecular weight is 271 g/mol. The Hall–Kier alpha value is -2.07. The largest absolute Gasteiger partial charge is 0.496 e. The number of nitrogens with two attached hydrogens (primary N) is 1. The molecule has 1 aromatic carbocycles. The molecule has 0 aliphatic rings. The highest BCUT2D eigenvalue weighted by Crippen LogP contribution is 2.30. The number of rotatable bonds is 4. The molecular formula is C16H21N3O. The molecule has 0 aliphatic carbocycles. The number of nitrogens with zero attached hydrogens (tertiary/aromatic N) is 1. The van der Waals surface area contributed by atoms with Crippen molar-refractivity contribution < 1.29 is 4.74 Å². The fourth-order valence-electron chi connectivity index (χ4n) is 2.53. The van der Waals surface area contributed by atoms with Crippen molar-refractivity contribution in [3.05, 3.63) is 52.7 Å². The first kappa shape index (κ1) is 14.3. The molecule has 0 saturated carbocycles. The molecule has 3 N–H and O–H groups in total. The lowest BCUT2D eigenvalue weighted by molar-refractivity contribution is 0.411. The smallest absolute Gasteiger partial charge is 0.128 e. The normalized spacial score (nSPS) is 12.2. The Morgan fingerprint density at radius 3 is 2.50 bits per heavy atom. The van der Waals surface area contributed by atoms with Crippen molar-refractivity contribution >= 4 is 5.82 Å². The number of anilines is 1. The summed E-state index contributed by atoms with van der Waals surface area (Å²) in [7, 11) is 3.61. The van der Waals surface area contributed by atoms with Crippen LogP contribution in [0.15, 0.2) is 30.5 Å². The van der Waals surface area contributed by atoms with Gasteiger partial charge in [0.15, 0.2) is 0 Å². The van der Waals surface area contributed by atoms with Crippen LogP contribution in [0.5, 0.6) is 5.75 Å². The van der Waals surface area contributed by atoms with Crippen molar-refractivity contribution in [3.63, 3.8) is 0 Å². The van der Waals surface area contributed by atoms with Gasteiger partial charge in [0, 0.05) is 11.8 Å². The van der Waals surface area contributed by atoms with Crippen LogP contribution < -0.4 is 15.8 Å². The third-order valence-electron chi connectivity index (χ3n) is 3.57. The molecule has 4 heteroatoms.